The molecule has 2 N–H and O–H groups in total. The van der Waals surface area contributed by atoms with Crippen LogP contribution in [-0.4, -0.2) is 15.1 Å². The molecule has 1 aromatic heterocycles. The Labute approximate surface area is 95.2 Å². The monoisotopic (exact) mass is 216 g/mol. The number of hydrogen-bond donors (Lipinski definition) is 2. The second-order valence-electron chi connectivity index (χ2n) is 4.36. The zero-order chi connectivity index (χ0) is 11.8. The van der Waals surface area contributed by atoms with Gasteiger partial charge in [-0.1, -0.05) is 23.8 Å². The zero-order valence-corrected chi connectivity index (χ0v) is 9.78. The third kappa shape index (κ3) is 1.74. The molecule has 0 fully saturated rings. The lowest BCUT2D eigenvalue weighted by Crippen LogP contribution is -2.24. The molecule has 0 amide bonds. The average molecular weight is 216 g/mol. The van der Waals surface area contributed by atoms with Crippen LogP contribution in [0.1, 0.15) is 29.3 Å². The van der Waals surface area contributed by atoms with E-state index in [4.69, 9.17) is 0 Å². The van der Waals surface area contributed by atoms with Gasteiger partial charge in [-0.15, -0.1) is 0 Å². The van der Waals surface area contributed by atoms with E-state index in [9.17, 15) is 5.11 Å². The first-order chi connectivity index (χ1) is 7.51. The van der Waals surface area contributed by atoms with E-state index in [2.05, 4.69) is 16.0 Å². The molecule has 3 nitrogen and oxygen atoms in total. The summed E-state index contributed by atoms with van der Waals surface area (Å²) >= 11 is 0. The van der Waals surface area contributed by atoms with E-state index in [1.807, 2.05) is 26.0 Å². The molecule has 0 aliphatic rings. The largest absolute Gasteiger partial charge is 0.379 e. The van der Waals surface area contributed by atoms with E-state index in [1.54, 1.807) is 19.4 Å². The van der Waals surface area contributed by atoms with Gasteiger partial charge in [-0.3, -0.25) is 0 Å². The number of aryl methyl sites for hydroxylation is 2. The van der Waals surface area contributed by atoms with Gasteiger partial charge in [-0.25, -0.2) is 4.98 Å². The summed E-state index contributed by atoms with van der Waals surface area (Å²) in [6.07, 6.45) is 3.23. The number of imidazole rings is 1. The van der Waals surface area contributed by atoms with E-state index in [-0.39, 0.29) is 0 Å². The molecular formula is C13H16N2O. The Morgan fingerprint density at radius 1 is 1.31 bits per heavy atom. The van der Waals surface area contributed by atoms with Gasteiger partial charge in [0, 0.05) is 0 Å². The predicted octanol–water partition coefficient (Wildman–Crippen LogP) is 2.28. The maximum atomic E-state index is 10.5. The van der Waals surface area contributed by atoms with Crippen molar-refractivity contribution in [3.63, 3.8) is 0 Å². The topological polar surface area (TPSA) is 48.9 Å². The van der Waals surface area contributed by atoms with Crippen LogP contribution in [0.3, 0.4) is 0 Å². The minimum Gasteiger partial charge on any atom is -0.379 e. The second-order valence-corrected chi connectivity index (χ2v) is 4.36. The van der Waals surface area contributed by atoms with E-state index < -0.39 is 5.60 Å². The number of benzene rings is 1. The van der Waals surface area contributed by atoms with E-state index >= 15 is 0 Å². The highest BCUT2D eigenvalue weighted by molar-refractivity contribution is 5.38. The van der Waals surface area contributed by atoms with Gasteiger partial charge in [0.05, 0.1) is 18.2 Å². The van der Waals surface area contributed by atoms with Gasteiger partial charge >= 0.3 is 0 Å². The molecule has 1 unspecified atom stereocenters. The minimum atomic E-state index is -1.02. The fraction of sp³-hybridized carbons (Fsp3) is 0.308. The second kappa shape index (κ2) is 3.76. The van der Waals surface area contributed by atoms with Crippen LogP contribution in [0.2, 0.25) is 0 Å². The van der Waals surface area contributed by atoms with Crippen LogP contribution >= 0.6 is 0 Å². The molecule has 16 heavy (non-hydrogen) atoms. The number of aliphatic hydroxyl groups is 1. The Balaban J connectivity index is 2.51. The van der Waals surface area contributed by atoms with Crippen LogP contribution in [0.5, 0.6) is 0 Å². The number of hydrogen-bond acceptors (Lipinski definition) is 2. The summed E-state index contributed by atoms with van der Waals surface area (Å²) in [4.78, 5) is 6.90. The Hall–Kier alpha value is -1.61. The van der Waals surface area contributed by atoms with Crippen LogP contribution in [0.15, 0.2) is 30.7 Å². The van der Waals surface area contributed by atoms with Crippen molar-refractivity contribution in [1.82, 2.24) is 9.97 Å². The van der Waals surface area contributed by atoms with Crippen LogP contribution in [0, 0.1) is 13.8 Å². The molecule has 0 radical (unpaired) electrons. The lowest BCUT2D eigenvalue weighted by Gasteiger charge is -2.24. The number of nitrogens with one attached hydrogen (secondary N) is 1. The van der Waals surface area contributed by atoms with Crippen molar-refractivity contribution >= 4 is 0 Å². The Morgan fingerprint density at radius 2 is 2.06 bits per heavy atom. The maximum Gasteiger partial charge on any atom is 0.128 e. The molecule has 0 spiro atoms. The normalized spacial score (nSPS) is 14.8. The molecule has 2 rings (SSSR count). The molecule has 3 heteroatoms. The summed E-state index contributed by atoms with van der Waals surface area (Å²) in [7, 11) is 0. The molecule has 1 atom stereocenters. The van der Waals surface area contributed by atoms with Gasteiger partial charge in [0.2, 0.25) is 0 Å². The fourth-order valence-electron chi connectivity index (χ4n) is 2.03. The molecular weight excluding hydrogens is 200 g/mol. The van der Waals surface area contributed by atoms with Gasteiger partial charge in [0.1, 0.15) is 5.60 Å². The maximum absolute atomic E-state index is 10.5. The van der Waals surface area contributed by atoms with Gasteiger partial charge in [-0.2, -0.15) is 0 Å². The van der Waals surface area contributed by atoms with Crippen molar-refractivity contribution in [2.75, 3.05) is 0 Å². The van der Waals surface area contributed by atoms with Crippen molar-refractivity contribution in [2.45, 2.75) is 26.4 Å². The SMILES string of the molecule is Cc1ccc(C(C)(O)c2cnc[nH]2)c(C)c1. The van der Waals surface area contributed by atoms with Crippen LogP contribution in [-0.2, 0) is 5.60 Å². The quantitative estimate of drug-likeness (QED) is 0.809. The molecule has 84 valence electrons. The Morgan fingerprint density at radius 3 is 2.62 bits per heavy atom. The first-order valence-corrected chi connectivity index (χ1v) is 5.31. The number of aromatic nitrogens is 2. The highest BCUT2D eigenvalue weighted by Crippen LogP contribution is 2.30. The lowest BCUT2D eigenvalue weighted by atomic mass is 9.89. The third-order valence-corrected chi connectivity index (χ3v) is 2.93. The summed E-state index contributed by atoms with van der Waals surface area (Å²) in [6.45, 7) is 5.83. The highest BCUT2D eigenvalue weighted by Gasteiger charge is 2.28. The first kappa shape index (κ1) is 10.9. The smallest absolute Gasteiger partial charge is 0.128 e. The molecule has 0 saturated heterocycles. The predicted molar refractivity (Wildman–Crippen MR) is 63.2 cm³/mol. The van der Waals surface area contributed by atoms with Crippen molar-refractivity contribution in [3.8, 4) is 0 Å². The molecule has 0 aliphatic carbocycles. The van der Waals surface area contributed by atoms with Crippen molar-refractivity contribution in [1.29, 1.82) is 0 Å². The highest BCUT2D eigenvalue weighted by atomic mass is 16.3. The van der Waals surface area contributed by atoms with E-state index in [0.717, 1.165) is 11.1 Å². The zero-order valence-electron chi connectivity index (χ0n) is 9.78. The standard InChI is InChI=1S/C13H16N2O/c1-9-4-5-11(10(2)6-9)13(3,16)12-7-14-8-15-12/h4-8,16H,1-3H3,(H,14,15). The van der Waals surface area contributed by atoms with E-state index in [1.165, 1.54) is 5.56 Å². The first-order valence-electron chi connectivity index (χ1n) is 5.31. The Kier molecular flexibility index (Phi) is 2.56. The van der Waals surface area contributed by atoms with Crippen molar-refractivity contribution in [3.05, 3.63) is 53.1 Å². The molecule has 0 bridgehead atoms. The summed E-state index contributed by atoms with van der Waals surface area (Å²) in [5, 5.41) is 10.5. The summed E-state index contributed by atoms with van der Waals surface area (Å²) < 4.78 is 0. The van der Waals surface area contributed by atoms with E-state index in [0.29, 0.717) is 5.69 Å². The molecule has 1 aromatic carbocycles. The van der Waals surface area contributed by atoms with Gasteiger partial charge in [-0.05, 0) is 31.9 Å². The van der Waals surface area contributed by atoms with Gasteiger partial charge < -0.3 is 10.1 Å². The molecule has 2 aromatic rings. The fourth-order valence-corrected chi connectivity index (χ4v) is 2.03. The lowest BCUT2D eigenvalue weighted by molar-refractivity contribution is 0.0972. The van der Waals surface area contributed by atoms with Crippen LogP contribution in [0.4, 0.5) is 0 Å². The number of rotatable bonds is 2. The number of aromatic amines is 1. The van der Waals surface area contributed by atoms with Crippen LogP contribution < -0.4 is 0 Å². The van der Waals surface area contributed by atoms with Crippen LogP contribution in [0.25, 0.3) is 0 Å². The number of H-pyrrole nitrogens is 1. The molecule has 0 aliphatic heterocycles. The van der Waals surface area contributed by atoms with Gasteiger partial charge in [0.15, 0.2) is 0 Å². The average Bonchev–Trinajstić information content (AvgIpc) is 2.69. The van der Waals surface area contributed by atoms with Gasteiger partial charge in [0.25, 0.3) is 0 Å². The molecule has 1 heterocycles. The summed E-state index contributed by atoms with van der Waals surface area (Å²) in [5.74, 6) is 0. The van der Waals surface area contributed by atoms with Crippen molar-refractivity contribution < 1.29 is 5.11 Å². The molecule has 0 saturated carbocycles. The summed E-state index contributed by atoms with van der Waals surface area (Å²) in [6, 6.07) is 6.04. The number of nitrogens with zero attached hydrogens (tertiary/aromatic N) is 1. The Bertz CT molecular complexity index is 487. The minimum absolute atomic E-state index is 0.708. The van der Waals surface area contributed by atoms with Crippen molar-refractivity contribution in [2.24, 2.45) is 0 Å². The summed E-state index contributed by atoms with van der Waals surface area (Å²) in [5.41, 5.74) is 2.87. The third-order valence-electron chi connectivity index (χ3n) is 2.93.